The molecule has 3 N–H and O–H groups in total. The minimum absolute atomic E-state index is 0.0506. The number of carboxylic acid groups (broad SMARTS) is 1. The molecule has 5 heteroatoms. The molecule has 26 heavy (non-hydrogen) atoms. The lowest BCUT2D eigenvalue weighted by Gasteiger charge is -2.27. The summed E-state index contributed by atoms with van der Waals surface area (Å²) in [7, 11) is 0. The van der Waals surface area contributed by atoms with Gasteiger partial charge in [-0.1, -0.05) is 12.1 Å². The maximum Gasteiger partial charge on any atom is 0.336 e. The molecular formula is C21H14O5. The predicted octanol–water partition coefficient (Wildman–Crippen LogP) is 3.22. The number of phenolic OH excluding ortho intramolecular Hbond substituents is 2. The molecule has 0 aromatic heterocycles. The van der Waals surface area contributed by atoms with E-state index in [0.29, 0.717) is 17.6 Å². The number of ketones is 1. The molecule has 0 radical (unpaired) electrons. The van der Waals surface area contributed by atoms with Crippen molar-refractivity contribution in [2.45, 2.75) is 6.42 Å². The number of carbonyl (C=O) groups is 2. The molecule has 0 heterocycles. The summed E-state index contributed by atoms with van der Waals surface area (Å²) in [5.74, 6) is -1.20. The fraction of sp³-hybridized carbons (Fsp3) is 0.0476. The van der Waals surface area contributed by atoms with E-state index < -0.39 is 5.97 Å². The van der Waals surface area contributed by atoms with Crippen molar-refractivity contribution in [3.05, 3.63) is 88.0 Å². The number of carbonyl (C=O) groups excluding carboxylic acids is 1. The van der Waals surface area contributed by atoms with Gasteiger partial charge in [-0.3, -0.25) is 4.79 Å². The van der Waals surface area contributed by atoms with Gasteiger partial charge < -0.3 is 15.3 Å². The Morgan fingerprint density at radius 2 is 1.65 bits per heavy atom. The quantitative estimate of drug-likeness (QED) is 0.776. The summed E-state index contributed by atoms with van der Waals surface area (Å²) < 4.78 is 0. The Morgan fingerprint density at radius 1 is 0.923 bits per heavy atom. The van der Waals surface area contributed by atoms with Gasteiger partial charge in [0.1, 0.15) is 11.5 Å². The van der Waals surface area contributed by atoms with Gasteiger partial charge in [-0.15, -0.1) is 0 Å². The van der Waals surface area contributed by atoms with Crippen LogP contribution in [0.5, 0.6) is 11.5 Å². The molecular weight excluding hydrogens is 332 g/mol. The zero-order chi connectivity index (χ0) is 18.4. The fourth-order valence-corrected chi connectivity index (χ4v) is 3.50. The van der Waals surface area contributed by atoms with E-state index in [9.17, 15) is 24.9 Å². The Balaban J connectivity index is 2.09. The van der Waals surface area contributed by atoms with Crippen molar-refractivity contribution >= 4 is 17.3 Å². The van der Waals surface area contributed by atoms with E-state index in [-0.39, 0.29) is 22.8 Å². The zero-order valence-corrected chi connectivity index (χ0v) is 13.6. The summed E-state index contributed by atoms with van der Waals surface area (Å²) in [6, 6.07) is 8.97. The number of benzene rings is 2. The first-order chi connectivity index (χ1) is 12.4. The Morgan fingerprint density at radius 3 is 2.42 bits per heavy atom. The van der Waals surface area contributed by atoms with Gasteiger partial charge in [0.05, 0.1) is 5.56 Å². The van der Waals surface area contributed by atoms with Crippen LogP contribution in [0.3, 0.4) is 0 Å². The predicted molar refractivity (Wildman–Crippen MR) is 95.1 cm³/mol. The first-order valence-corrected chi connectivity index (χ1v) is 8.00. The van der Waals surface area contributed by atoms with E-state index in [1.807, 2.05) is 0 Å². The standard InChI is InChI=1S/C21H14O5/c22-13-1-4-16-11(8-13)7-12-9-14(23)2-5-17(12)20(16)19-10-15(24)3-6-18(19)21(25)26/h1-6,8-10,22,24H,7H2,(H,25,26). The Hall–Kier alpha value is -3.60. The summed E-state index contributed by atoms with van der Waals surface area (Å²) in [6.45, 7) is 0. The van der Waals surface area contributed by atoms with E-state index >= 15 is 0 Å². The summed E-state index contributed by atoms with van der Waals surface area (Å²) in [6.07, 6.45) is 5.09. The van der Waals surface area contributed by atoms with Gasteiger partial charge in [-0.2, -0.15) is 0 Å². The second-order valence-electron chi connectivity index (χ2n) is 6.25. The molecule has 0 unspecified atom stereocenters. The van der Waals surface area contributed by atoms with Crippen LogP contribution in [0, 0.1) is 0 Å². The summed E-state index contributed by atoms with van der Waals surface area (Å²) in [5.41, 5.74) is 4.09. The molecule has 5 nitrogen and oxygen atoms in total. The van der Waals surface area contributed by atoms with Gasteiger partial charge in [0.25, 0.3) is 0 Å². The Labute approximate surface area is 148 Å². The van der Waals surface area contributed by atoms with Crippen molar-refractivity contribution < 1.29 is 24.9 Å². The second kappa shape index (κ2) is 5.74. The van der Waals surface area contributed by atoms with Crippen molar-refractivity contribution in [3.63, 3.8) is 0 Å². The molecule has 0 amide bonds. The monoisotopic (exact) mass is 346 g/mol. The minimum atomic E-state index is -1.11. The maximum atomic E-state index is 11.8. The SMILES string of the molecule is O=C1C=CC2=C(c3cc(O)ccc3C(=O)O)c3ccc(O)cc3CC2=C1. The summed E-state index contributed by atoms with van der Waals surface area (Å²) in [4.78, 5) is 23.5. The smallest absolute Gasteiger partial charge is 0.336 e. The van der Waals surface area contributed by atoms with Crippen molar-refractivity contribution in [1.29, 1.82) is 0 Å². The number of phenols is 2. The van der Waals surface area contributed by atoms with Crippen LogP contribution >= 0.6 is 0 Å². The van der Waals surface area contributed by atoms with Crippen molar-refractivity contribution in [2.75, 3.05) is 0 Å². The first kappa shape index (κ1) is 15.9. The van der Waals surface area contributed by atoms with E-state index in [0.717, 1.165) is 22.3 Å². The minimum Gasteiger partial charge on any atom is -0.508 e. The highest BCUT2D eigenvalue weighted by Crippen LogP contribution is 2.43. The molecule has 2 aliphatic rings. The van der Waals surface area contributed by atoms with Gasteiger partial charge in [0.2, 0.25) is 0 Å². The van der Waals surface area contributed by atoms with Crippen LogP contribution < -0.4 is 0 Å². The lowest BCUT2D eigenvalue weighted by atomic mass is 9.76. The molecule has 2 aliphatic carbocycles. The van der Waals surface area contributed by atoms with Crippen LogP contribution in [0.15, 0.2) is 65.8 Å². The van der Waals surface area contributed by atoms with Crippen LogP contribution in [0.4, 0.5) is 0 Å². The number of hydrogen-bond donors (Lipinski definition) is 3. The lowest BCUT2D eigenvalue weighted by Crippen LogP contribution is -2.14. The third-order valence-corrected chi connectivity index (χ3v) is 4.59. The van der Waals surface area contributed by atoms with Gasteiger partial charge >= 0.3 is 5.97 Å². The number of aromatic hydroxyl groups is 2. The molecule has 128 valence electrons. The van der Waals surface area contributed by atoms with E-state index in [1.54, 1.807) is 18.2 Å². The molecule has 0 fully saturated rings. The molecule has 0 spiro atoms. The molecule has 0 saturated heterocycles. The molecule has 4 rings (SSSR count). The number of aromatic carboxylic acids is 1. The number of carboxylic acids is 1. The first-order valence-electron chi connectivity index (χ1n) is 8.00. The number of hydrogen-bond acceptors (Lipinski definition) is 4. The van der Waals surface area contributed by atoms with Gasteiger partial charge in [0, 0.05) is 5.56 Å². The van der Waals surface area contributed by atoms with Crippen molar-refractivity contribution in [1.82, 2.24) is 0 Å². The third kappa shape index (κ3) is 2.50. The van der Waals surface area contributed by atoms with Crippen molar-refractivity contribution in [2.24, 2.45) is 0 Å². The van der Waals surface area contributed by atoms with Crippen LogP contribution in [0.2, 0.25) is 0 Å². The number of rotatable bonds is 2. The zero-order valence-electron chi connectivity index (χ0n) is 13.6. The number of fused-ring (bicyclic) bond motifs is 2. The largest absolute Gasteiger partial charge is 0.508 e. The molecule has 0 aliphatic heterocycles. The Kier molecular flexibility index (Phi) is 3.51. The van der Waals surface area contributed by atoms with Crippen LogP contribution in [-0.4, -0.2) is 27.1 Å². The van der Waals surface area contributed by atoms with E-state index in [1.165, 1.54) is 36.4 Å². The van der Waals surface area contributed by atoms with E-state index in [4.69, 9.17) is 0 Å². The molecule has 2 aromatic carbocycles. The molecule has 2 aromatic rings. The van der Waals surface area contributed by atoms with Crippen LogP contribution in [-0.2, 0) is 11.2 Å². The topological polar surface area (TPSA) is 94.8 Å². The summed E-state index contributed by atoms with van der Waals surface area (Å²) >= 11 is 0. The van der Waals surface area contributed by atoms with Gasteiger partial charge in [-0.25, -0.2) is 4.79 Å². The number of allylic oxidation sites excluding steroid dienone is 5. The second-order valence-corrected chi connectivity index (χ2v) is 6.25. The lowest BCUT2D eigenvalue weighted by molar-refractivity contribution is -0.110. The van der Waals surface area contributed by atoms with Crippen LogP contribution in [0.25, 0.3) is 5.57 Å². The van der Waals surface area contributed by atoms with Crippen LogP contribution in [0.1, 0.15) is 27.0 Å². The van der Waals surface area contributed by atoms with Crippen molar-refractivity contribution in [3.8, 4) is 11.5 Å². The highest BCUT2D eigenvalue weighted by molar-refractivity contribution is 6.06. The summed E-state index contributed by atoms with van der Waals surface area (Å²) in [5, 5.41) is 29.4. The van der Waals surface area contributed by atoms with E-state index in [2.05, 4.69) is 0 Å². The Bertz CT molecular complexity index is 1070. The third-order valence-electron chi connectivity index (χ3n) is 4.59. The normalized spacial score (nSPS) is 15.4. The maximum absolute atomic E-state index is 11.8. The fourth-order valence-electron chi connectivity index (χ4n) is 3.50. The van der Waals surface area contributed by atoms with Gasteiger partial charge in [0.15, 0.2) is 5.78 Å². The molecule has 0 saturated carbocycles. The molecule has 0 bridgehead atoms. The highest BCUT2D eigenvalue weighted by atomic mass is 16.4. The average molecular weight is 346 g/mol. The average Bonchev–Trinajstić information content (AvgIpc) is 2.59. The highest BCUT2D eigenvalue weighted by Gasteiger charge is 2.27. The van der Waals surface area contributed by atoms with Gasteiger partial charge in [-0.05, 0) is 76.8 Å². The molecule has 0 atom stereocenters.